The molecule has 4 heteroatoms. The summed E-state index contributed by atoms with van der Waals surface area (Å²) in [6, 6.07) is 10.1. The summed E-state index contributed by atoms with van der Waals surface area (Å²) in [5, 5.41) is 3.48. The van der Waals surface area contributed by atoms with Gasteiger partial charge in [-0.1, -0.05) is 44.2 Å². The molecule has 20 heavy (non-hydrogen) atoms. The molecule has 0 radical (unpaired) electrons. The Morgan fingerprint density at radius 1 is 1.30 bits per heavy atom. The van der Waals surface area contributed by atoms with Crippen LogP contribution in [0.3, 0.4) is 0 Å². The first kappa shape index (κ1) is 15.4. The van der Waals surface area contributed by atoms with Crippen LogP contribution in [0.2, 0.25) is 0 Å². The monoisotopic (exact) mass is 292 g/mol. The summed E-state index contributed by atoms with van der Waals surface area (Å²) in [4.78, 5) is 14.8. The van der Waals surface area contributed by atoms with E-state index in [1.54, 1.807) is 0 Å². The van der Waals surface area contributed by atoms with E-state index in [4.69, 9.17) is 0 Å². The van der Waals surface area contributed by atoms with E-state index in [9.17, 15) is 4.79 Å². The van der Waals surface area contributed by atoms with Gasteiger partial charge in [0.1, 0.15) is 6.04 Å². The molecule has 3 atom stereocenters. The van der Waals surface area contributed by atoms with Crippen molar-refractivity contribution in [1.82, 2.24) is 10.2 Å². The Balaban J connectivity index is 2.15. The normalized spacial score (nSPS) is 24.1. The van der Waals surface area contributed by atoms with E-state index in [1.807, 2.05) is 47.0 Å². The molecule has 1 amide bonds. The summed E-state index contributed by atoms with van der Waals surface area (Å²) >= 11 is 1.89. The van der Waals surface area contributed by atoms with Crippen LogP contribution in [-0.4, -0.2) is 34.5 Å². The number of nitrogens with zero attached hydrogens (tertiary/aromatic N) is 1. The highest BCUT2D eigenvalue weighted by Crippen LogP contribution is 2.28. The lowest BCUT2D eigenvalue weighted by molar-refractivity contribution is -0.131. The molecule has 3 nitrogen and oxygen atoms in total. The first-order valence-corrected chi connectivity index (χ1v) is 8.55. The molecule has 1 aliphatic rings. The number of nitrogens with one attached hydrogen (secondary N) is 1. The third-order valence-electron chi connectivity index (χ3n) is 3.75. The van der Waals surface area contributed by atoms with Gasteiger partial charge in [-0.25, -0.2) is 0 Å². The van der Waals surface area contributed by atoms with Crippen molar-refractivity contribution in [2.45, 2.75) is 45.4 Å². The zero-order valence-electron chi connectivity index (χ0n) is 12.5. The highest BCUT2D eigenvalue weighted by atomic mass is 32.2. The molecule has 0 bridgehead atoms. The molecule has 1 fully saturated rings. The third-order valence-corrected chi connectivity index (χ3v) is 4.88. The molecule has 1 N–H and O–H groups in total. The second-order valence-corrected chi connectivity index (χ2v) is 6.51. The second kappa shape index (κ2) is 7.14. The van der Waals surface area contributed by atoms with Crippen molar-refractivity contribution >= 4 is 17.7 Å². The number of carbonyl (C=O) groups is 1. The zero-order valence-corrected chi connectivity index (χ0v) is 13.3. The van der Waals surface area contributed by atoms with Crippen molar-refractivity contribution < 1.29 is 4.79 Å². The second-order valence-electron chi connectivity index (χ2n) is 5.19. The average Bonchev–Trinajstić information content (AvgIpc) is 2.82. The smallest absolute Gasteiger partial charge is 0.245 e. The van der Waals surface area contributed by atoms with Gasteiger partial charge in [-0.15, -0.1) is 0 Å². The first-order valence-electron chi connectivity index (χ1n) is 7.39. The van der Waals surface area contributed by atoms with Gasteiger partial charge < -0.3 is 4.90 Å². The van der Waals surface area contributed by atoms with Gasteiger partial charge in [0.25, 0.3) is 0 Å². The van der Waals surface area contributed by atoms with Crippen LogP contribution in [0.15, 0.2) is 30.3 Å². The number of benzene rings is 1. The lowest BCUT2D eigenvalue weighted by atomic mass is 10.1. The van der Waals surface area contributed by atoms with E-state index in [0.29, 0.717) is 0 Å². The van der Waals surface area contributed by atoms with Crippen LogP contribution in [0.25, 0.3) is 0 Å². The number of hydrogen-bond acceptors (Lipinski definition) is 3. The van der Waals surface area contributed by atoms with Crippen molar-refractivity contribution in [3.05, 3.63) is 35.9 Å². The van der Waals surface area contributed by atoms with Crippen LogP contribution in [0.1, 0.15) is 38.8 Å². The molecule has 3 unspecified atom stereocenters. The highest BCUT2D eigenvalue weighted by molar-refractivity contribution is 7.99. The Labute approximate surface area is 126 Å². The number of thioether (sulfide) groups is 1. The topological polar surface area (TPSA) is 32.3 Å². The van der Waals surface area contributed by atoms with E-state index in [2.05, 4.69) is 26.1 Å². The summed E-state index contributed by atoms with van der Waals surface area (Å²) < 4.78 is 0. The Morgan fingerprint density at radius 3 is 2.60 bits per heavy atom. The van der Waals surface area contributed by atoms with Gasteiger partial charge in [0.15, 0.2) is 0 Å². The van der Waals surface area contributed by atoms with E-state index in [-0.39, 0.29) is 24.2 Å². The van der Waals surface area contributed by atoms with Crippen LogP contribution in [0.5, 0.6) is 0 Å². The molecule has 0 saturated carbocycles. The standard InChI is InChI=1S/C16H24N2OS/c1-4-14-17-15(13-9-7-6-8-10-13)16(19)18(14)12(3)11-20-5-2/h6-10,12,14-15,17H,4-5,11H2,1-3H3. The van der Waals surface area contributed by atoms with Gasteiger partial charge in [-0.2, -0.15) is 11.8 Å². The molecule has 2 rings (SSSR count). The molecule has 1 aromatic carbocycles. The van der Waals surface area contributed by atoms with Gasteiger partial charge in [0, 0.05) is 11.8 Å². The average molecular weight is 292 g/mol. The van der Waals surface area contributed by atoms with Gasteiger partial charge >= 0.3 is 0 Å². The summed E-state index contributed by atoms with van der Waals surface area (Å²) in [5.41, 5.74) is 1.06. The number of hydrogen-bond donors (Lipinski definition) is 1. The van der Waals surface area contributed by atoms with Crippen LogP contribution < -0.4 is 5.32 Å². The molecule has 1 heterocycles. The van der Waals surface area contributed by atoms with Crippen molar-refractivity contribution in [1.29, 1.82) is 0 Å². The number of rotatable bonds is 6. The maximum atomic E-state index is 12.7. The Morgan fingerprint density at radius 2 is 2.00 bits per heavy atom. The van der Waals surface area contributed by atoms with E-state index in [0.717, 1.165) is 23.5 Å². The first-order chi connectivity index (χ1) is 9.69. The summed E-state index contributed by atoms with van der Waals surface area (Å²) in [7, 11) is 0. The molecule has 1 aliphatic heterocycles. The molecule has 0 spiro atoms. The minimum absolute atomic E-state index is 0.153. The Hall–Kier alpha value is -1.00. The van der Waals surface area contributed by atoms with Crippen molar-refractivity contribution in [2.75, 3.05) is 11.5 Å². The molecule has 0 aliphatic carbocycles. The van der Waals surface area contributed by atoms with Crippen molar-refractivity contribution in [3.63, 3.8) is 0 Å². The highest BCUT2D eigenvalue weighted by Gasteiger charge is 2.40. The largest absolute Gasteiger partial charge is 0.322 e. The SMILES string of the molecule is CCSCC(C)N1C(=O)C(c2ccccc2)NC1CC. The summed E-state index contributed by atoms with van der Waals surface area (Å²) in [6.45, 7) is 6.44. The van der Waals surface area contributed by atoms with Gasteiger partial charge in [0.05, 0.1) is 6.17 Å². The third kappa shape index (κ3) is 3.18. The minimum Gasteiger partial charge on any atom is -0.322 e. The van der Waals surface area contributed by atoms with E-state index < -0.39 is 0 Å². The molecule has 1 aromatic rings. The fraction of sp³-hybridized carbons (Fsp3) is 0.562. The van der Waals surface area contributed by atoms with E-state index in [1.165, 1.54) is 0 Å². The van der Waals surface area contributed by atoms with Gasteiger partial charge in [0.2, 0.25) is 5.91 Å². The molecular weight excluding hydrogens is 268 g/mol. The van der Waals surface area contributed by atoms with Crippen molar-refractivity contribution in [3.8, 4) is 0 Å². The van der Waals surface area contributed by atoms with Crippen LogP contribution in [0, 0.1) is 0 Å². The quantitative estimate of drug-likeness (QED) is 0.874. The summed E-state index contributed by atoms with van der Waals surface area (Å²) in [5.74, 6) is 2.31. The fourth-order valence-corrected chi connectivity index (χ4v) is 3.48. The predicted molar refractivity (Wildman–Crippen MR) is 85.7 cm³/mol. The molecular formula is C16H24N2OS. The zero-order chi connectivity index (χ0) is 14.5. The lowest BCUT2D eigenvalue weighted by Gasteiger charge is -2.29. The number of carbonyl (C=O) groups excluding carboxylic acids is 1. The predicted octanol–water partition coefficient (Wildman–Crippen LogP) is 3.04. The minimum atomic E-state index is -0.185. The van der Waals surface area contributed by atoms with Gasteiger partial charge in [-0.05, 0) is 24.7 Å². The Bertz CT molecular complexity index is 437. The maximum absolute atomic E-state index is 12.7. The van der Waals surface area contributed by atoms with Crippen LogP contribution in [-0.2, 0) is 4.79 Å². The maximum Gasteiger partial charge on any atom is 0.245 e. The fourth-order valence-electron chi connectivity index (χ4n) is 2.74. The summed E-state index contributed by atoms with van der Waals surface area (Å²) in [6.07, 6.45) is 1.09. The van der Waals surface area contributed by atoms with E-state index >= 15 is 0 Å². The molecule has 1 saturated heterocycles. The van der Waals surface area contributed by atoms with Crippen LogP contribution >= 0.6 is 11.8 Å². The number of amides is 1. The van der Waals surface area contributed by atoms with Gasteiger partial charge in [-0.3, -0.25) is 10.1 Å². The Kier molecular flexibility index (Phi) is 5.49. The lowest BCUT2D eigenvalue weighted by Crippen LogP contribution is -2.44. The van der Waals surface area contributed by atoms with Crippen molar-refractivity contribution in [2.24, 2.45) is 0 Å². The molecule has 0 aromatic heterocycles. The van der Waals surface area contributed by atoms with Crippen LogP contribution in [0.4, 0.5) is 0 Å². The molecule has 110 valence electrons.